The van der Waals surface area contributed by atoms with Crippen LogP contribution in [0.2, 0.25) is 0 Å². The lowest BCUT2D eigenvalue weighted by atomic mass is 10.4. The summed E-state index contributed by atoms with van der Waals surface area (Å²) in [5.74, 6) is 0. The van der Waals surface area contributed by atoms with Crippen LogP contribution in [0, 0.1) is 0 Å². The second-order valence-corrected chi connectivity index (χ2v) is 4.53. The van der Waals surface area contributed by atoms with E-state index in [1.807, 2.05) is 6.92 Å². The summed E-state index contributed by atoms with van der Waals surface area (Å²) in [6.45, 7) is 7.47. The highest BCUT2D eigenvalue weighted by Gasteiger charge is 2.18. The van der Waals surface area contributed by atoms with Crippen LogP contribution < -0.4 is 0 Å². The number of nitrogens with zero attached hydrogens (tertiary/aromatic N) is 1. The molecule has 1 unspecified atom stereocenters. The summed E-state index contributed by atoms with van der Waals surface area (Å²) in [5.41, 5.74) is 0. The van der Waals surface area contributed by atoms with E-state index in [0.29, 0.717) is 0 Å². The molecular formula is C9H18BrNO. The van der Waals surface area contributed by atoms with E-state index in [-0.39, 0.29) is 0 Å². The first-order chi connectivity index (χ1) is 5.83. The topological polar surface area (TPSA) is 12.5 Å². The van der Waals surface area contributed by atoms with Crippen molar-refractivity contribution in [2.45, 2.75) is 24.6 Å². The van der Waals surface area contributed by atoms with Crippen LogP contribution in [0.4, 0.5) is 0 Å². The molecule has 2 nitrogen and oxygen atoms in total. The van der Waals surface area contributed by atoms with Gasteiger partial charge in [0.2, 0.25) is 0 Å². The van der Waals surface area contributed by atoms with Gasteiger partial charge >= 0.3 is 0 Å². The summed E-state index contributed by atoms with van der Waals surface area (Å²) >= 11 is 3.63. The van der Waals surface area contributed by atoms with Crippen LogP contribution in [0.15, 0.2) is 0 Å². The van der Waals surface area contributed by atoms with Crippen LogP contribution in [0.3, 0.4) is 0 Å². The van der Waals surface area contributed by atoms with E-state index in [2.05, 4.69) is 20.8 Å². The fourth-order valence-corrected chi connectivity index (χ4v) is 2.14. The normalized spacial score (nSPS) is 25.0. The second-order valence-electron chi connectivity index (χ2n) is 3.24. The molecule has 0 aliphatic carbocycles. The maximum Gasteiger partial charge on any atom is 0.0478 e. The molecule has 0 saturated carbocycles. The molecule has 72 valence electrons. The Balaban J connectivity index is 1.93. The third kappa shape index (κ3) is 3.87. The highest BCUT2D eigenvalue weighted by Crippen LogP contribution is 2.16. The van der Waals surface area contributed by atoms with Crippen molar-refractivity contribution < 1.29 is 4.74 Å². The molecule has 0 aromatic carbocycles. The Bertz CT molecular complexity index is 121. The van der Waals surface area contributed by atoms with Crippen molar-refractivity contribution in [2.24, 2.45) is 0 Å². The number of alkyl halides is 1. The van der Waals surface area contributed by atoms with E-state index in [1.165, 1.54) is 32.5 Å². The van der Waals surface area contributed by atoms with Gasteiger partial charge in [0.15, 0.2) is 0 Å². The number of hydrogen-bond acceptors (Lipinski definition) is 2. The third-order valence-electron chi connectivity index (χ3n) is 2.18. The summed E-state index contributed by atoms with van der Waals surface area (Å²) < 4.78 is 5.28. The molecule has 1 aliphatic heterocycles. The monoisotopic (exact) mass is 235 g/mol. The van der Waals surface area contributed by atoms with Crippen molar-refractivity contribution in [3.05, 3.63) is 0 Å². The number of ether oxygens (including phenoxy) is 1. The smallest absolute Gasteiger partial charge is 0.0478 e. The van der Waals surface area contributed by atoms with Gasteiger partial charge in [-0.1, -0.05) is 15.9 Å². The summed E-state index contributed by atoms with van der Waals surface area (Å²) in [4.78, 5) is 3.22. The molecule has 0 N–H and O–H groups in total. The van der Waals surface area contributed by atoms with Crippen molar-refractivity contribution in [3.8, 4) is 0 Å². The summed E-state index contributed by atoms with van der Waals surface area (Å²) in [6.07, 6.45) is 2.47. The fourth-order valence-electron chi connectivity index (χ4n) is 1.52. The Morgan fingerprint density at radius 1 is 1.58 bits per heavy atom. The molecule has 0 bridgehead atoms. The molecule has 12 heavy (non-hydrogen) atoms. The first kappa shape index (κ1) is 10.5. The molecule has 1 atom stereocenters. The Labute approximate surface area is 83.4 Å². The Morgan fingerprint density at radius 2 is 2.42 bits per heavy atom. The zero-order chi connectivity index (χ0) is 8.81. The summed E-state index contributed by atoms with van der Waals surface area (Å²) in [7, 11) is 0. The first-order valence-corrected chi connectivity index (χ1v) is 5.68. The molecule has 0 amide bonds. The number of halogens is 1. The van der Waals surface area contributed by atoms with Crippen LogP contribution in [0.1, 0.15) is 19.8 Å². The average molecular weight is 236 g/mol. The van der Waals surface area contributed by atoms with Crippen molar-refractivity contribution in [1.82, 2.24) is 4.90 Å². The predicted octanol–water partition coefficient (Wildman–Crippen LogP) is 1.88. The van der Waals surface area contributed by atoms with E-state index in [1.54, 1.807) is 0 Å². The maximum absolute atomic E-state index is 5.28. The fraction of sp³-hybridized carbons (Fsp3) is 1.00. The lowest BCUT2D eigenvalue weighted by Gasteiger charge is -2.14. The quantitative estimate of drug-likeness (QED) is 0.533. The van der Waals surface area contributed by atoms with E-state index in [9.17, 15) is 0 Å². The van der Waals surface area contributed by atoms with Crippen LogP contribution in [-0.2, 0) is 4.74 Å². The summed E-state index contributed by atoms with van der Waals surface area (Å²) in [5, 5.41) is 0. The van der Waals surface area contributed by atoms with Crippen LogP contribution in [0.25, 0.3) is 0 Å². The zero-order valence-corrected chi connectivity index (χ0v) is 9.35. The molecule has 0 aromatic rings. The van der Waals surface area contributed by atoms with Gasteiger partial charge in [0.25, 0.3) is 0 Å². The average Bonchev–Trinajstić information content (AvgIpc) is 2.45. The minimum absolute atomic E-state index is 0.726. The highest BCUT2D eigenvalue weighted by atomic mass is 79.9. The van der Waals surface area contributed by atoms with Gasteiger partial charge < -0.3 is 9.64 Å². The maximum atomic E-state index is 5.28. The molecular weight excluding hydrogens is 218 g/mol. The van der Waals surface area contributed by atoms with Crippen molar-refractivity contribution >= 4 is 15.9 Å². The number of rotatable bonds is 5. The molecule has 1 saturated heterocycles. The minimum Gasteiger partial charge on any atom is -0.382 e. The van der Waals surface area contributed by atoms with E-state index in [4.69, 9.17) is 4.74 Å². The van der Waals surface area contributed by atoms with Gasteiger partial charge in [-0.25, -0.2) is 0 Å². The standard InChI is InChI=1S/C9H18BrNO/c1-2-12-7-3-5-11-6-4-9(10)8-11/h9H,2-8H2,1H3. The lowest BCUT2D eigenvalue weighted by Crippen LogP contribution is -2.22. The molecule has 1 heterocycles. The molecule has 3 heteroatoms. The van der Waals surface area contributed by atoms with Gasteiger partial charge in [0, 0.05) is 31.1 Å². The van der Waals surface area contributed by atoms with E-state index < -0.39 is 0 Å². The lowest BCUT2D eigenvalue weighted by molar-refractivity contribution is 0.135. The van der Waals surface area contributed by atoms with Crippen LogP contribution in [0.5, 0.6) is 0 Å². The Morgan fingerprint density at radius 3 is 3.00 bits per heavy atom. The van der Waals surface area contributed by atoms with Gasteiger partial charge in [-0.05, 0) is 26.3 Å². The number of likely N-dealkylation sites (tertiary alicyclic amines) is 1. The molecule has 1 rings (SSSR count). The van der Waals surface area contributed by atoms with E-state index in [0.717, 1.165) is 18.0 Å². The van der Waals surface area contributed by atoms with Gasteiger partial charge in [-0.3, -0.25) is 0 Å². The number of hydrogen-bond donors (Lipinski definition) is 0. The first-order valence-electron chi connectivity index (χ1n) is 4.77. The van der Waals surface area contributed by atoms with Crippen LogP contribution in [-0.4, -0.2) is 42.6 Å². The van der Waals surface area contributed by atoms with Gasteiger partial charge in [-0.2, -0.15) is 0 Å². The SMILES string of the molecule is CCOCCCN1CCC(Br)C1. The van der Waals surface area contributed by atoms with Crippen molar-refractivity contribution in [2.75, 3.05) is 32.8 Å². The van der Waals surface area contributed by atoms with Gasteiger partial charge in [-0.15, -0.1) is 0 Å². The Hall–Kier alpha value is 0.400. The third-order valence-corrected chi connectivity index (χ3v) is 2.93. The molecule has 0 spiro atoms. The molecule has 1 aliphatic rings. The van der Waals surface area contributed by atoms with Crippen LogP contribution >= 0.6 is 15.9 Å². The zero-order valence-electron chi connectivity index (χ0n) is 7.76. The highest BCUT2D eigenvalue weighted by molar-refractivity contribution is 9.09. The summed E-state index contributed by atoms with van der Waals surface area (Å²) in [6, 6.07) is 0. The minimum atomic E-state index is 0.726. The van der Waals surface area contributed by atoms with Gasteiger partial charge in [0.1, 0.15) is 0 Å². The van der Waals surface area contributed by atoms with E-state index >= 15 is 0 Å². The molecule has 1 fully saturated rings. The van der Waals surface area contributed by atoms with Gasteiger partial charge in [0.05, 0.1) is 0 Å². The Kier molecular flexibility index (Phi) is 5.19. The van der Waals surface area contributed by atoms with Crippen molar-refractivity contribution in [1.29, 1.82) is 0 Å². The molecule has 0 aromatic heterocycles. The largest absolute Gasteiger partial charge is 0.382 e. The second kappa shape index (κ2) is 5.95. The van der Waals surface area contributed by atoms with Crippen molar-refractivity contribution in [3.63, 3.8) is 0 Å². The predicted molar refractivity (Wildman–Crippen MR) is 54.9 cm³/mol. The molecule has 0 radical (unpaired) electrons.